The van der Waals surface area contributed by atoms with Crippen LogP contribution >= 0.6 is 0 Å². The highest BCUT2D eigenvalue weighted by Crippen LogP contribution is 2.30. The molecule has 0 unspecified atom stereocenters. The second-order valence-electron chi connectivity index (χ2n) is 6.28. The van der Waals surface area contributed by atoms with Crippen molar-refractivity contribution in [2.45, 2.75) is 25.0 Å². The van der Waals surface area contributed by atoms with Gasteiger partial charge >= 0.3 is 0 Å². The summed E-state index contributed by atoms with van der Waals surface area (Å²) in [5.74, 6) is -0.609. The van der Waals surface area contributed by atoms with Crippen LogP contribution in [-0.2, 0) is 6.42 Å². The second-order valence-corrected chi connectivity index (χ2v) is 6.28. The lowest BCUT2D eigenvalue weighted by molar-refractivity contribution is 0.00552. The number of β-amino-alcohol motifs (C(OH)–C–C–N with tert-alkyl or cyclic N) is 1. The van der Waals surface area contributed by atoms with Gasteiger partial charge in [-0.05, 0) is 48.7 Å². The van der Waals surface area contributed by atoms with Gasteiger partial charge in [0.1, 0.15) is 23.8 Å². The lowest BCUT2D eigenvalue weighted by Gasteiger charge is -2.31. The van der Waals surface area contributed by atoms with E-state index >= 15 is 0 Å². The summed E-state index contributed by atoms with van der Waals surface area (Å²) in [6.07, 6.45) is -0.514. The van der Waals surface area contributed by atoms with Crippen LogP contribution in [0, 0.1) is 5.82 Å². The maximum atomic E-state index is 13.3. The Hall–Kier alpha value is -2.73. The zero-order valence-corrected chi connectivity index (χ0v) is 13.3. The van der Waals surface area contributed by atoms with Crippen molar-refractivity contribution in [1.82, 2.24) is 4.90 Å². The molecule has 25 heavy (non-hydrogen) atoms. The number of benzene rings is 2. The topological polar surface area (TPSA) is 66.8 Å². The normalized spacial score (nSPS) is 20.1. The summed E-state index contributed by atoms with van der Waals surface area (Å²) >= 11 is 0. The molecule has 2 atom stereocenters. The molecule has 0 saturated heterocycles. The third-order valence-electron chi connectivity index (χ3n) is 4.68. The predicted molar refractivity (Wildman–Crippen MR) is 87.0 cm³/mol. The highest BCUT2D eigenvalue weighted by atomic mass is 19.1. The van der Waals surface area contributed by atoms with Crippen molar-refractivity contribution in [3.8, 4) is 5.75 Å². The van der Waals surface area contributed by atoms with Crippen molar-refractivity contribution in [3.05, 3.63) is 65.0 Å². The molecule has 0 bridgehead atoms. The molecule has 0 saturated carbocycles. The molecule has 4 rings (SSSR count). The number of aliphatic hydroxyl groups excluding tert-OH is 1. The fourth-order valence-corrected chi connectivity index (χ4v) is 3.36. The van der Waals surface area contributed by atoms with Crippen LogP contribution in [0.1, 0.15) is 32.7 Å². The zero-order valence-electron chi connectivity index (χ0n) is 13.3. The molecule has 0 fully saturated rings. The number of fused-ring (bicyclic) bond motifs is 2. The fraction of sp³-hybridized carbons (Fsp3) is 0.263. The molecule has 0 aliphatic carbocycles. The summed E-state index contributed by atoms with van der Waals surface area (Å²) in [5.41, 5.74) is 1.46. The lowest BCUT2D eigenvalue weighted by atomic mass is 9.98. The number of hydrogen-bond donors (Lipinski definition) is 1. The van der Waals surface area contributed by atoms with Crippen LogP contribution in [0.2, 0.25) is 0 Å². The fourth-order valence-electron chi connectivity index (χ4n) is 3.36. The van der Waals surface area contributed by atoms with Crippen molar-refractivity contribution in [2.75, 3.05) is 6.54 Å². The molecule has 5 nitrogen and oxygen atoms in total. The lowest BCUT2D eigenvalue weighted by Crippen LogP contribution is -2.45. The Balaban J connectivity index is 1.48. The average molecular weight is 341 g/mol. The summed E-state index contributed by atoms with van der Waals surface area (Å²) in [4.78, 5) is 25.8. The van der Waals surface area contributed by atoms with Gasteiger partial charge in [0.25, 0.3) is 11.8 Å². The molecule has 6 heteroatoms. The van der Waals surface area contributed by atoms with Crippen molar-refractivity contribution in [3.63, 3.8) is 0 Å². The Morgan fingerprint density at radius 1 is 1.16 bits per heavy atom. The molecule has 128 valence electrons. The van der Waals surface area contributed by atoms with Crippen molar-refractivity contribution < 1.29 is 23.8 Å². The number of imide groups is 1. The van der Waals surface area contributed by atoms with E-state index in [4.69, 9.17) is 4.74 Å². The molecule has 2 aliphatic rings. The number of rotatable bonds is 3. The van der Waals surface area contributed by atoms with Gasteiger partial charge in [-0.15, -0.1) is 0 Å². The van der Waals surface area contributed by atoms with E-state index in [0.717, 1.165) is 10.5 Å². The first kappa shape index (κ1) is 15.8. The maximum absolute atomic E-state index is 13.3. The monoisotopic (exact) mass is 341 g/mol. The van der Waals surface area contributed by atoms with E-state index in [-0.39, 0.29) is 12.4 Å². The van der Waals surface area contributed by atoms with Crippen LogP contribution < -0.4 is 4.74 Å². The van der Waals surface area contributed by atoms with Gasteiger partial charge in [-0.3, -0.25) is 14.5 Å². The van der Waals surface area contributed by atoms with E-state index in [9.17, 15) is 19.1 Å². The van der Waals surface area contributed by atoms with Crippen molar-refractivity contribution in [2.24, 2.45) is 0 Å². The van der Waals surface area contributed by atoms with Crippen LogP contribution in [0.5, 0.6) is 5.75 Å². The summed E-state index contributed by atoms with van der Waals surface area (Å²) < 4.78 is 19.0. The molecular weight excluding hydrogens is 325 g/mol. The number of ether oxygens (including phenoxy) is 1. The van der Waals surface area contributed by atoms with E-state index in [1.807, 2.05) is 0 Å². The summed E-state index contributed by atoms with van der Waals surface area (Å²) in [6, 6.07) is 10.9. The Kier molecular flexibility index (Phi) is 3.77. The minimum atomic E-state index is -1.01. The molecule has 2 heterocycles. The largest absolute Gasteiger partial charge is 0.487 e. The molecule has 2 aromatic rings. The molecule has 0 aromatic heterocycles. The Bertz CT molecular complexity index is 831. The third-order valence-corrected chi connectivity index (χ3v) is 4.68. The summed E-state index contributed by atoms with van der Waals surface area (Å²) in [5, 5.41) is 10.5. The van der Waals surface area contributed by atoms with E-state index in [1.165, 1.54) is 18.2 Å². The van der Waals surface area contributed by atoms with Crippen molar-refractivity contribution >= 4 is 11.8 Å². The van der Waals surface area contributed by atoms with Gasteiger partial charge in [0.15, 0.2) is 0 Å². The zero-order chi connectivity index (χ0) is 17.6. The van der Waals surface area contributed by atoms with Crippen molar-refractivity contribution in [1.29, 1.82) is 0 Å². The van der Waals surface area contributed by atoms with Gasteiger partial charge in [-0.25, -0.2) is 4.39 Å². The SMILES string of the molecule is O=C1c2ccccc2C(=O)N1C[C@@H](O)[C@@H]1CCc2cc(F)ccc2O1. The number of halogens is 1. The van der Waals surface area contributed by atoms with E-state index in [2.05, 4.69) is 0 Å². The van der Waals surface area contributed by atoms with Gasteiger partial charge in [-0.2, -0.15) is 0 Å². The van der Waals surface area contributed by atoms with Gasteiger partial charge in [0.2, 0.25) is 0 Å². The number of carbonyl (C=O) groups excluding carboxylic acids is 2. The quantitative estimate of drug-likeness (QED) is 0.869. The third kappa shape index (κ3) is 2.68. The van der Waals surface area contributed by atoms with E-state index < -0.39 is 24.0 Å². The second kappa shape index (κ2) is 5.97. The highest BCUT2D eigenvalue weighted by Gasteiger charge is 2.38. The molecule has 0 radical (unpaired) electrons. The Morgan fingerprint density at radius 3 is 2.52 bits per heavy atom. The maximum Gasteiger partial charge on any atom is 0.261 e. The molecule has 2 amide bonds. The standard InChI is InChI=1S/C19H16FNO4/c20-12-6-8-16-11(9-12)5-7-17(25-16)15(22)10-21-18(23)13-3-1-2-4-14(13)19(21)24/h1-4,6,8-9,15,17,22H,5,7,10H2/t15-,17+/m1/s1. The van der Waals surface area contributed by atoms with Gasteiger partial charge in [0, 0.05) is 0 Å². The molecular formula is C19H16FNO4. The number of nitrogens with zero attached hydrogens (tertiary/aromatic N) is 1. The van der Waals surface area contributed by atoms with Crippen LogP contribution in [0.4, 0.5) is 4.39 Å². The number of carbonyl (C=O) groups is 2. The minimum absolute atomic E-state index is 0.131. The van der Waals surface area contributed by atoms with Crippen LogP contribution in [0.15, 0.2) is 42.5 Å². The summed E-state index contributed by atoms with van der Waals surface area (Å²) in [7, 11) is 0. The molecule has 2 aromatic carbocycles. The first-order valence-corrected chi connectivity index (χ1v) is 8.13. The Morgan fingerprint density at radius 2 is 1.84 bits per heavy atom. The van der Waals surface area contributed by atoms with Gasteiger partial charge < -0.3 is 9.84 Å². The van der Waals surface area contributed by atoms with E-state index in [1.54, 1.807) is 24.3 Å². The number of hydrogen-bond acceptors (Lipinski definition) is 4. The first-order valence-electron chi connectivity index (χ1n) is 8.13. The number of aliphatic hydroxyl groups is 1. The van der Waals surface area contributed by atoms with Crippen LogP contribution in [0.3, 0.4) is 0 Å². The molecule has 0 spiro atoms. The summed E-state index contributed by atoms with van der Waals surface area (Å²) in [6.45, 7) is -0.131. The Labute approximate surface area is 143 Å². The average Bonchev–Trinajstić information content (AvgIpc) is 2.86. The minimum Gasteiger partial charge on any atom is -0.487 e. The van der Waals surface area contributed by atoms with E-state index in [0.29, 0.717) is 29.7 Å². The van der Waals surface area contributed by atoms with Crippen LogP contribution in [-0.4, -0.2) is 40.6 Å². The van der Waals surface area contributed by atoms with Crippen LogP contribution in [0.25, 0.3) is 0 Å². The first-order chi connectivity index (χ1) is 12.0. The smallest absolute Gasteiger partial charge is 0.261 e. The van der Waals surface area contributed by atoms with Gasteiger partial charge in [-0.1, -0.05) is 12.1 Å². The number of aryl methyl sites for hydroxylation is 1. The highest BCUT2D eigenvalue weighted by molar-refractivity contribution is 6.21. The van der Waals surface area contributed by atoms with Gasteiger partial charge in [0.05, 0.1) is 17.7 Å². The molecule has 2 aliphatic heterocycles. The number of amides is 2. The molecule has 1 N–H and O–H groups in total. The predicted octanol–water partition coefficient (Wildman–Crippen LogP) is 2.18.